The summed E-state index contributed by atoms with van der Waals surface area (Å²) in [5.41, 5.74) is -7.53. The third kappa shape index (κ3) is 3.82. The Morgan fingerprint density at radius 2 is 1.13 bits per heavy atom. The van der Waals surface area contributed by atoms with Crippen molar-refractivity contribution in [3.8, 4) is 33.8 Å². The summed E-state index contributed by atoms with van der Waals surface area (Å²) in [5, 5.41) is 0.908. The third-order valence-corrected chi connectivity index (χ3v) is 7.74. The molecule has 45 heavy (non-hydrogen) atoms. The Hall–Kier alpha value is -5.86. The number of benzene rings is 7. The summed E-state index contributed by atoms with van der Waals surface area (Å²) in [6.07, 6.45) is 0. The fourth-order valence-corrected chi connectivity index (χ4v) is 5.91. The van der Waals surface area contributed by atoms with Gasteiger partial charge >= 0.3 is 0 Å². The first-order chi connectivity index (χ1) is 31.0. The van der Waals surface area contributed by atoms with Crippen molar-refractivity contribution in [2.75, 3.05) is 0 Å². The number of para-hydroxylation sites is 2. The predicted molar refractivity (Wildman–Crippen MR) is 183 cm³/mol. The Balaban J connectivity index is 1.57. The second-order valence-electron chi connectivity index (χ2n) is 10.0. The van der Waals surface area contributed by atoms with Crippen molar-refractivity contribution in [1.29, 1.82) is 0 Å². The minimum Gasteiger partial charge on any atom is -0.457 e. The SMILES string of the molecule is [2H]c1c([2H])c([2H])c(C2(c3c([2H])c([2H])c([2H])c([2H])c3[2H])c3c([2H])c([2H])c([2H])c([2H])c3Oc3c([2H])c(-c4c([2H])c([2H])c([2H])c([2H])c4-c4cccc5oc6ccccc6c45)c([2H])c([2H])c32)c([2H])c1[2H]. The highest BCUT2D eigenvalue weighted by Gasteiger charge is 2.45. The van der Waals surface area contributed by atoms with Crippen LogP contribution in [0.4, 0.5) is 0 Å². The lowest BCUT2D eigenvalue weighted by atomic mass is 9.63. The van der Waals surface area contributed by atoms with Crippen LogP contribution in [0.3, 0.4) is 0 Å². The molecule has 9 rings (SSSR count). The minimum absolute atomic E-state index is 0.149. The second-order valence-corrected chi connectivity index (χ2v) is 10.0. The van der Waals surface area contributed by atoms with Gasteiger partial charge in [0.05, 0.1) is 34.2 Å². The van der Waals surface area contributed by atoms with Gasteiger partial charge in [-0.15, -0.1) is 0 Å². The molecular formula is C43H28O2. The van der Waals surface area contributed by atoms with Gasteiger partial charge in [0.15, 0.2) is 0 Å². The molecule has 1 aliphatic heterocycles. The van der Waals surface area contributed by atoms with Crippen molar-refractivity contribution in [3.05, 3.63) is 192 Å². The molecule has 2 heteroatoms. The molecule has 0 amide bonds. The fraction of sp³-hybridized carbons (Fsp3) is 0.0233. The van der Waals surface area contributed by atoms with Gasteiger partial charge in [-0.1, -0.05) is 145 Å². The van der Waals surface area contributed by atoms with Crippen LogP contribution in [0.1, 0.15) is 51.0 Å². The molecule has 8 aromatic rings. The first kappa shape index (κ1) is 12.3. The second kappa shape index (κ2) is 10.1. The van der Waals surface area contributed by atoms with Crippen LogP contribution in [0, 0.1) is 0 Å². The first-order valence-corrected chi connectivity index (χ1v) is 13.6. The van der Waals surface area contributed by atoms with Crippen molar-refractivity contribution in [3.63, 3.8) is 0 Å². The fourth-order valence-electron chi connectivity index (χ4n) is 5.91. The van der Waals surface area contributed by atoms with Crippen molar-refractivity contribution in [2.45, 2.75) is 5.41 Å². The summed E-state index contributed by atoms with van der Waals surface area (Å²) < 4.78 is 203. The van der Waals surface area contributed by atoms with Gasteiger partial charge in [0.2, 0.25) is 0 Å². The van der Waals surface area contributed by atoms with Crippen molar-refractivity contribution >= 4 is 21.9 Å². The van der Waals surface area contributed by atoms with E-state index in [4.69, 9.17) is 24.2 Å². The van der Waals surface area contributed by atoms with E-state index in [1.54, 1.807) is 36.4 Å². The summed E-state index contributed by atoms with van der Waals surface area (Å²) >= 11 is 0. The van der Waals surface area contributed by atoms with Gasteiger partial charge < -0.3 is 9.15 Å². The molecule has 0 atom stereocenters. The molecule has 0 saturated heterocycles. The number of hydrogen-bond acceptors (Lipinski definition) is 2. The smallest absolute Gasteiger partial charge is 0.136 e. The van der Waals surface area contributed by atoms with Gasteiger partial charge in [-0.2, -0.15) is 0 Å². The Labute approximate surface area is 291 Å². The zero-order valence-electron chi connectivity index (χ0n) is 43.9. The lowest BCUT2D eigenvalue weighted by molar-refractivity contribution is 0.435. The molecule has 0 radical (unpaired) electrons. The van der Waals surface area contributed by atoms with E-state index >= 15 is 0 Å². The lowest BCUT2D eigenvalue weighted by Crippen LogP contribution is -2.34. The molecule has 212 valence electrons. The summed E-state index contributed by atoms with van der Waals surface area (Å²) in [5.74, 6) is -1.83. The Morgan fingerprint density at radius 1 is 0.489 bits per heavy atom. The van der Waals surface area contributed by atoms with E-state index in [9.17, 15) is 13.7 Å². The molecule has 0 unspecified atom stereocenters. The summed E-state index contributed by atoms with van der Waals surface area (Å²) in [7, 11) is 0. The van der Waals surface area contributed by atoms with E-state index in [0.29, 0.717) is 21.9 Å². The van der Waals surface area contributed by atoms with Crippen LogP contribution in [-0.4, -0.2) is 0 Å². The summed E-state index contributed by atoms with van der Waals surface area (Å²) in [6.45, 7) is 0. The van der Waals surface area contributed by atoms with Crippen LogP contribution < -0.4 is 4.74 Å². The predicted octanol–water partition coefficient (Wildman–Crippen LogP) is 11.4. The molecule has 1 aromatic heterocycles. The van der Waals surface area contributed by atoms with Crippen LogP contribution in [0.25, 0.3) is 44.2 Å². The van der Waals surface area contributed by atoms with E-state index in [-0.39, 0.29) is 11.1 Å². The maximum absolute atomic E-state index is 9.94. The van der Waals surface area contributed by atoms with Gasteiger partial charge in [0, 0.05) is 21.9 Å². The maximum Gasteiger partial charge on any atom is 0.136 e. The molecule has 0 saturated carbocycles. The molecule has 0 bridgehead atoms. The average molecular weight is 598 g/mol. The van der Waals surface area contributed by atoms with Crippen molar-refractivity contribution < 1.29 is 37.9 Å². The molecule has 0 fully saturated rings. The Bertz CT molecular complexity index is 3380. The molecule has 2 heterocycles. The highest BCUT2D eigenvalue weighted by atomic mass is 16.5. The Kier molecular flexibility index (Phi) is 2.75. The number of ether oxygens (including phenoxy) is 1. The molecule has 7 aromatic carbocycles. The number of furan rings is 1. The lowest BCUT2D eigenvalue weighted by Gasteiger charge is -2.41. The van der Waals surface area contributed by atoms with E-state index in [1.807, 2.05) is 0 Å². The van der Waals surface area contributed by atoms with Crippen molar-refractivity contribution in [1.82, 2.24) is 0 Å². The van der Waals surface area contributed by atoms with E-state index in [0.717, 1.165) is 0 Å². The minimum atomic E-state index is -3.19. The first-order valence-electron chi connectivity index (χ1n) is 24.1. The quantitative estimate of drug-likeness (QED) is 0.201. The van der Waals surface area contributed by atoms with Crippen LogP contribution in [-0.2, 0) is 5.41 Å². The third-order valence-electron chi connectivity index (χ3n) is 7.74. The largest absolute Gasteiger partial charge is 0.457 e. The standard InChI is InChI=1S/C43H28O2/c1-3-14-30(15-4-1)43(31-16-5-2-6-17-31)36-22-10-12-24-39(36)45-41-28-29(26-27-37(41)43)32-18-7-8-19-33(32)34-21-13-25-40-42(34)35-20-9-11-23-38(35)44-40/h1-28H/i1D,2D,3D,4D,5D,6D,7D,8D,10D,12D,14D,15D,16D,17D,18D,19D,22D,24D,26D,27D,28D. The van der Waals surface area contributed by atoms with Gasteiger partial charge in [-0.25, -0.2) is 0 Å². The van der Waals surface area contributed by atoms with E-state index < -0.39 is 177 Å². The number of rotatable bonds is 4. The Morgan fingerprint density at radius 3 is 1.93 bits per heavy atom. The van der Waals surface area contributed by atoms with Crippen LogP contribution in [0.5, 0.6) is 11.5 Å². The summed E-state index contributed by atoms with van der Waals surface area (Å²) in [6, 6.07) is -9.07. The van der Waals surface area contributed by atoms with Crippen LogP contribution in [0.15, 0.2) is 174 Å². The molecule has 0 spiro atoms. The van der Waals surface area contributed by atoms with Gasteiger partial charge in [0.25, 0.3) is 0 Å². The van der Waals surface area contributed by atoms with Gasteiger partial charge in [-0.3, -0.25) is 0 Å². The highest BCUT2D eigenvalue weighted by molar-refractivity contribution is 6.13. The monoisotopic (exact) mass is 597 g/mol. The van der Waals surface area contributed by atoms with Crippen LogP contribution >= 0.6 is 0 Å². The molecule has 2 nitrogen and oxygen atoms in total. The molecule has 0 N–H and O–H groups in total. The number of fused-ring (bicyclic) bond motifs is 5. The normalized spacial score (nSPS) is 19.8. The van der Waals surface area contributed by atoms with E-state index in [2.05, 4.69) is 0 Å². The van der Waals surface area contributed by atoms with Crippen molar-refractivity contribution in [2.24, 2.45) is 0 Å². The number of hydrogen-bond donors (Lipinski definition) is 0. The van der Waals surface area contributed by atoms with E-state index in [1.165, 1.54) is 6.07 Å². The average Bonchev–Trinajstić information content (AvgIpc) is 3.69. The zero-order valence-corrected chi connectivity index (χ0v) is 22.9. The summed E-state index contributed by atoms with van der Waals surface area (Å²) in [4.78, 5) is 0. The maximum atomic E-state index is 9.94. The zero-order chi connectivity index (χ0) is 48.1. The highest BCUT2D eigenvalue weighted by Crippen LogP contribution is 2.56. The topological polar surface area (TPSA) is 22.4 Å². The molecule has 0 aliphatic carbocycles. The van der Waals surface area contributed by atoms with Crippen LogP contribution in [0.2, 0.25) is 0 Å². The molecule has 1 aliphatic rings. The molecular weight excluding hydrogens is 548 g/mol. The van der Waals surface area contributed by atoms with Gasteiger partial charge in [0.1, 0.15) is 22.7 Å². The van der Waals surface area contributed by atoms with Gasteiger partial charge in [-0.05, 0) is 57.6 Å².